The van der Waals surface area contributed by atoms with Gasteiger partial charge >= 0.3 is 0 Å². The van der Waals surface area contributed by atoms with Crippen LogP contribution in [0.5, 0.6) is 0 Å². The van der Waals surface area contributed by atoms with Crippen molar-refractivity contribution in [1.29, 1.82) is 0 Å². The topological polar surface area (TPSA) is 81.8 Å². The molecular weight excluding hydrogens is 488 g/mol. The van der Waals surface area contributed by atoms with Crippen LogP contribution in [0.1, 0.15) is 24.0 Å². The molecule has 1 aliphatic rings. The van der Waals surface area contributed by atoms with E-state index in [1.54, 1.807) is 27.2 Å². The highest BCUT2D eigenvalue weighted by molar-refractivity contribution is 5.95. The van der Waals surface area contributed by atoms with Crippen molar-refractivity contribution in [2.24, 2.45) is 0 Å². The number of piperidine rings is 1. The number of hydrogen-bond acceptors (Lipinski definition) is 4. The quantitative estimate of drug-likeness (QED) is 0.419. The Morgan fingerprint density at radius 3 is 2.15 bits per heavy atom. The number of rotatable bonds is 9. The minimum Gasteiger partial charge on any atom is -0.357 e. The van der Waals surface area contributed by atoms with Gasteiger partial charge in [0.2, 0.25) is 17.7 Å². The zero-order valence-electron chi connectivity index (χ0n) is 23.0. The number of likely N-dealkylation sites (N-methyl/N-ethyl adjacent to an activating group) is 3. The Hall–Kier alpha value is -3.97. The fraction of sp³-hybridized carbons (Fsp3) is 0.344. The van der Waals surface area contributed by atoms with Crippen molar-refractivity contribution in [2.75, 3.05) is 34.2 Å². The summed E-state index contributed by atoms with van der Waals surface area (Å²) in [5, 5.41) is 8.20. The number of benzene rings is 3. The summed E-state index contributed by atoms with van der Waals surface area (Å²) in [7, 11) is 4.91. The molecule has 0 spiro atoms. The zero-order valence-corrected chi connectivity index (χ0v) is 23.0. The predicted octanol–water partition coefficient (Wildman–Crippen LogP) is 3.33. The SMILES string of the molecule is CNC(=O)[C@@H](Cc1ccccc1)N(C)C(=O)[C@@H](Cc1ccc2ccccc2c1)N(C)C(=O)C=C1CCNCC1. The fourth-order valence-electron chi connectivity index (χ4n) is 5.10. The number of carbonyl (C=O) groups excluding carboxylic acids is 3. The molecule has 0 bridgehead atoms. The van der Waals surface area contributed by atoms with Crippen molar-refractivity contribution in [1.82, 2.24) is 20.4 Å². The summed E-state index contributed by atoms with van der Waals surface area (Å²) in [6.45, 7) is 1.69. The van der Waals surface area contributed by atoms with Gasteiger partial charge in [0.1, 0.15) is 12.1 Å². The van der Waals surface area contributed by atoms with E-state index >= 15 is 0 Å². The summed E-state index contributed by atoms with van der Waals surface area (Å²) in [5.74, 6) is -0.712. The highest BCUT2D eigenvalue weighted by Gasteiger charge is 2.34. The summed E-state index contributed by atoms with van der Waals surface area (Å²) in [6.07, 6.45) is 4.03. The molecular formula is C32H38N4O3. The zero-order chi connectivity index (χ0) is 27.8. The third kappa shape index (κ3) is 7.12. The Labute approximate surface area is 230 Å². The maximum Gasteiger partial charge on any atom is 0.246 e. The summed E-state index contributed by atoms with van der Waals surface area (Å²) < 4.78 is 0. The number of amides is 3. The first kappa shape index (κ1) is 28.0. The highest BCUT2D eigenvalue weighted by atomic mass is 16.2. The molecule has 3 aromatic carbocycles. The number of nitrogens with zero attached hydrogens (tertiary/aromatic N) is 2. The Bertz CT molecular complexity index is 1330. The molecule has 1 fully saturated rings. The Balaban J connectivity index is 1.64. The van der Waals surface area contributed by atoms with E-state index in [9.17, 15) is 14.4 Å². The van der Waals surface area contributed by atoms with Crippen molar-refractivity contribution in [3.63, 3.8) is 0 Å². The molecule has 2 N–H and O–H groups in total. The molecule has 0 saturated carbocycles. The van der Waals surface area contributed by atoms with E-state index in [1.807, 2.05) is 66.7 Å². The molecule has 0 aromatic heterocycles. The Kier molecular flexibility index (Phi) is 9.49. The normalized spacial score (nSPS) is 14.8. The summed E-state index contributed by atoms with van der Waals surface area (Å²) in [4.78, 5) is 43.5. The minimum atomic E-state index is -0.773. The Morgan fingerprint density at radius 1 is 0.821 bits per heavy atom. The van der Waals surface area contributed by atoms with Crippen LogP contribution in [0.2, 0.25) is 0 Å². The maximum absolute atomic E-state index is 14.1. The van der Waals surface area contributed by atoms with E-state index in [1.165, 1.54) is 9.80 Å². The number of carbonyl (C=O) groups is 3. The summed E-state index contributed by atoms with van der Waals surface area (Å²) in [5.41, 5.74) is 2.99. The number of fused-ring (bicyclic) bond motifs is 1. The fourth-order valence-corrected chi connectivity index (χ4v) is 5.10. The van der Waals surface area contributed by atoms with E-state index in [4.69, 9.17) is 0 Å². The van der Waals surface area contributed by atoms with Gasteiger partial charge in [0.05, 0.1) is 0 Å². The molecule has 2 atom stereocenters. The lowest BCUT2D eigenvalue weighted by molar-refractivity contribution is -0.146. The average Bonchev–Trinajstić information content (AvgIpc) is 2.98. The standard InChI is InChI=1S/C32H38N4O3/c1-33-31(38)28(20-23-9-5-4-6-10-23)36(3)32(39)29(35(2)30(37)22-24-15-17-34-18-16-24)21-25-13-14-26-11-7-8-12-27(26)19-25/h4-14,19,22,28-29,34H,15-18,20-21H2,1-3H3,(H,33,38)/t28-,29-/m1/s1. The summed E-state index contributed by atoms with van der Waals surface area (Å²) in [6, 6.07) is 22.4. The first-order chi connectivity index (χ1) is 18.9. The Morgan fingerprint density at radius 2 is 1.46 bits per heavy atom. The van der Waals surface area contributed by atoms with Gasteiger partial charge in [0, 0.05) is 40.1 Å². The lowest BCUT2D eigenvalue weighted by Crippen LogP contribution is -2.55. The van der Waals surface area contributed by atoms with Gasteiger partial charge in [-0.3, -0.25) is 14.4 Å². The molecule has 0 unspecified atom stereocenters. The van der Waals surface area contributed by atoms with E-state index in [0.717, 1.165) is 53.4 Å². The largest absolute Gasteiger partial charge is 0.357 e. The molecule has 4 rings (SSSR count). The monoisotopic (exact) mass is 526 g/mol. The van der Waals surface area contributed by atoms with Crippen LogP contribution in [0.15, 0.2) is 84.4 Å². The number of nitrogens with one attached hydrogen (secondary N) is 2. The molecule has 1 heterocycles. The van der Waals surface area contributed by atoms with Gasteiger partial charge in [0.25, 0.3) is 0 Å². The van der Waals surface area contributed by atoms with Crippen LogP contribution in [0, 0.1) is 0 Å². The van der Waals surface area contributed by atoms with Gasteiger partial charge in [-0.15, -0.1) is 0 Å². The van der Waals surface area contributed by atoms with E-state index < -0.39 is 12.1 Å². The van der Waals surface area contributed by atoms with Crippen LogP contribution in [-0.2, 0) is 27.2 Å². The van der Waals surface area contributed by atoms with Crippen LogP contribution in [0.3, 0.4) is 0 Å². The van der Waals surface area contributed by atoms with Crippen molar-refractivity contribution in [3.8, 4) is 0 Å². The smallest absolute Gasteiger partial charge is 0.246 e. The first-order valence-corrected chi connectivity index (χ1v) is 13.5. The van der Waals surface area contributed by atoms with Gasteiger partial charge in [-0.1, -0.05) is 78.4 Å². The predicted molar refractivity (Wildman–Crippen MR) is 155 cm³/mol. The lowest BCUT2D eigenvalue weighted by atomic mass is 9.98. The molecule has 7 heteroatoms. The van der Waals surface area contributed by atoms with E-state index in [-0.39, 0.29) is 17.7 Å². The maximum atomic E-state index is 14.1. The minimum absolute atomic E-state index is 0.195. The van der Waals surface area contributed by atoms with Gasteiger partial charge in [-0.2, -0.15) is 0 Å². The third-order valence-corrected chi connectivity index (χ3v) is 7.55. The third-order valence-electron chi connectivity index (χ3n) is 7.55. The molecule has 3 aromatic rings. The van der Waals surface area contributed by atoms with Crippen molar-refractivity contribution < 1.29 is 14.4 Å². The van der Waals surface area contributed by atoms with Gasteiger partial charge in [-0.05, 0) is 47.8 Å². The van der Waals surface area contributed by atoms with Gasteiger partial charge < -0.3 is 20.4 Å². The molecule has 0 aliphatic carbocycles. The second-order valence-corrected chi connectivity index (χ2v) is 10.2. The van der Waals surface area contributed by atoms with Crippen LogP contribution in [0.25, 0.3) is 10.8 Å². The number of hydrogen-bond donors (Lipinski definition) is 2. The molecule has 1 aliphatic heterocycles. The van der Waals surface area contributed by atoms with Gasteiger partial charge in [-0.25, -0.2) is 0 Å². The van der Waals surface area contributed by atoms with Crippen molar-refractivity contribution in [2.45, 2.75) is 37.8 Å². The molecule has 39 heavy (non-hydrogen) atoms. The molecule has 1 saturated heterocycles. The van der Waals surface area contributed by atoms with Crippen molar-refractivity contribution >= 4 is 28.5 Å². The van der Waals surface area contributed by atoms with Crippen LogP contribution < -0.4 is 10.6 Å². The first-order valence-electron chi connectivity index (χ1n) is 13.5. The molecule has 7 nitrogen and oxygen atoms in total. The van der Waals surface area contributed by atoms with E-state index in [0.29, 0.717) is 12.8 Å². The van der Waals surface area contributed by atoms with Gasteiger partial charge in [0.15, 0.2) is 0 Å². The van der Waals surface area contributed by atoms with Crippen LogP contribution in [0.4, 0.5) is 0 Å². The second kappa shape index (κ2) is 13.2. The van der Waals surface area contributed by atoms with Crippen LogP contribution in [-0.4, -0.2) is 73.8 Å². The van der Waals surface area contributed by atoms with Crippen molar-refractivity contribution in [3.05, 3.63) is 95.6 Å². The molecule has 0 radical (unpaired) electrons. The average molecular weight is 527 g/mol. The molecule has 3 amide bonds. The van der Waals surface area contributed by atoms with Crippen LogP contribution >= 0.6 is 0 Å². The van der Waals surface area contributed by atoms with E-state index in [2.05, 4.69) is 16.7 Å². The summed E-state index contributed by atoms with van der Waals surface area (Å²) >= 11 is 0. The highest BCUT2D eigenvalue weighted by Crippen LogP contribution is 2.20. The molecule has 204 valence electrons. The lowest BCUT2D eigenvalue weighted by Gasteiger charge is -2.34. The second-order valence-electron chi connectivity index (χ2n) is 10.2.